The van der Waals surface area contributed by atoms with Gasteiger partial charge in [-0.25, -0.2) is 12.8 Å². The van der Waals surface area contributed by atoms with E-state index < -0.39 is 15.7 Å². The molecule has 3 N–H and O–H groups in total. The van der Waals surface area contributed by atoms with Crippen LogP contribution in [0.25, 0.3) is 0 Å². The third-order valence-corrected chi connectivity index (χ3v) is 2.83. The lowest BCUT2D eigenvalue weighted by molar-refractivity contribution is 0.568. The summed E-state index contributed by atoms with van der Waals surface area (Å²) < 4.78 is 35.3. The molecule has 1 aromatic rings. The molecule has 0 fully saturated rings. The Bertz CT molecular complexity index is 431. The molecule has 0 bridgehead atoms. The summed E-state index contributed by atoms with van der Waals surface area (Å²) in [5.41, 5.74) is 2.95. The van der Waals surface area contributed by atoms with Crippen LogP contribution in [-0.4, -0.2) is 14.7 Å². The van der Waals surface area contributed by atoms with E-state index in [2.05, 4.69) is 5.43 Å². The lowest BCUT2D eigenvalue weighted by atomic mass is 10.2. The van der Waals surface area contributed by atoms with E-state index in [1.807, 2.05) is 0 Å². The SMILES string of the molecule is CS(=O)(=O)c1ccc(CNN)cc1F. The summed E-state index contributed by atoms with van der Waals surface area (Å²) in [5, 5.41) is 0. The summed E-state index contributed by atoms with van der Waals surface area (Å²) in [7, 11) is -3.49. The summed E-state index contributed by atoms with van der Waals surface area (Å²) in [5.74, 6) is 4.29. The molecule has 0 heterocycles. The predicted octanol–water partition coefficient (Wildman–Crippen LogP) is 0.193. The van der Waals surface area contributed by atoms with Crippen molar-refractivity contribution in [2.45, 2.75) is 11.4 Å². The molecule has 1 rings (SSSR count). The van der Waals surface area contributed by atoms with Crippen LogP contribution < -0.4 is 11.3 Å². The highest BCUT2D eigenvalue weighted by atomic mass is 32.2. The van der Waals surface area contributed by atoms with Gasteiger partial charge in [-0.3, -0.25) is 11.3 Å². The first-order valence-corrected chi connectivity index (χ1v) is 5.76. The van der Waals surface area contributed by atoms with E-state index in [0.29, 0.717) is 12.1 Å². The zero-order chi connectivity index (χ0) is 10.8. The molecule has 14 heavy (non-hydrogen) atoms. The zero-order valence-corrected chi connectivity index (χ0v) is 8.44. The van der Waals surface area contributed by atoms with E-state index in [1.54, 1.807) is 0 Å². The fraction of sp³-hybridized carbons (Fsp3) is 0.250. The van der Waals surface area contributed by atoms with Crippen LogP contribution in [0.2, 0.25) is 0 Å². The van der Waals surface area contributed by atoms with Crippen molar-refractivity contribution >= 4 is 9.84 Å². The van der Waals surface area contributed by atoms with Crippen LogP contribution in [0.4, 0.5) is 4.39 Å². The van der Waals surface area contributed by atoms with Crippen molar-refractivity contribution < 1.29 is 12.8 Å². The first-order valence-electron chi connectivity index (χ1n) is 3.87. The van der Waals surface area contributed by atoms with Gasteiger partial charge in [0.25, 0.3) is 0 Å². The van der Waals surface area contributed by atoms with E-state index in [0.717, 1.165) is 12.3 Å². The second kappa shape index (κ2) is 4.04. The topological polar surface area (TPSA) is 72.2 Å². The number of halogens is 1. The van der Waals surface area contributed by atoms with Crippen molar-refractivity contribution in [3.05, 3.63) is 29.6 Å². The van der Waals surface area contributed by atoms with E-state index in [-0.39, 0.29) is 4.90 Å². The molecule has 0 unspecified atom stereocenters. The van der Waals surface area contributed by atoms with Crippen LogP contribution in [0.5, 0.6) is 0 Å². The molecule has 1 aromatic carbocycles. The van der Waals surface area contributed by atoms with Crippen LogP contribution in [0, 0.1) is 5.82 Å². The van der Waals surface area contributed by atoms with Crippen LogP contribution in [0.15, 0.2) is 23.1 Å². The van der Waals surface area contributed by atoms with Gasteiger partial charge in [-0.1, -0.05) is 6.07 Å². The first-order chi connectivity index (χ1) is 6.45. The molecule has 0 atom stereocenters. The van der Waals surface area contributed by atoms with Crippen LogP contribution in [-0.2, 0) is 16.4 Å². The first kappa shape index (κ1) is 11.1. The molecule has 0 radical (unpaired) electrons. The molecule has 0 aromatic heterocycles. The molecule has 6 heteroatoms. The van der Waals surface area contributed by atoms with Gasteiger partial charge in [0.05, 0.1) is 0 Å². The van der Waals surface area contributed by atoms with Crippen LogP contribution in [0.1, 0.15) is 5.56 Å². The van der Waals surface area contributed by atoms with Gasteiger partial charge in [-0.2, -0.15) is 0 Å². The Morgan fingerprint density at radius 3 is 2.57 bits per heavy atom. The number of hydrazine groups is 1. The average Bonchev–Trinajstić information content (AvgIpc) is 2.02. The Morgan fingerprint density at radius 2 is 2.14 bits per heavy atom. The summed E-state index contributed by atoms with van der Waals surface area (Å²) in [4.78, 5) is -0.293. The maximum Gasteiger partial charge on any atom is 0.178 e. The summed E-state index contributed by atoms with van der Waals surface area (Å²) >= 11 is 0. The minimum absolute atomic E-state index is 0.293. The third kappa shape index (κ3) is 2.50. The largest absolute Gasteiger partial charge is 0.271 e. The molecule has 78 valence electrons. The van der Waals surface area contributed by atoms with Crippen molar-refractivity contribution in [1.29, 1.82) is 0 Å². The number of rotatable bonds is 3. The lowest BCUT2D eigenvalue weighted by Crippen LogP contribution is -2.21. The van der Waals surface area contributed by atoms with Crippen molar-refractivity contribution in [2.24, 2.45) is 5.84 Å². The molecule has 0 aliphatic carbocycles. The van der Waals surface area contributed by atoms with E-state index in [4.69, 9.17) is 5.84 Å². The number of nitrogens with one attached hydrogen (secondary N) is 1. The minimum Gasteiger partial charge on any atom is -0.271 e. The summed E-state index contributed by atoms with van der Waals surface area (Å²) in [6.07, 6.45) is 0.965. The number of nitrogens with two attached hydrogens (primary N) is 1. The van der Waals surface area contributed by atoms with Crippen molar-refractivity contribution in [3.63, 3.8) is 0 Å². The summed E-state index contributed by atoms with van der Waals surface area (Å²) in [6.45, 7) is 0.293. The molecule has 4 nitrogen and oxygen atoms in total. The van der Waals surface area contributed by atoms with E-state index in [9.17, 15) is 12.8 Å². The fourth-order valence-corrected chi connectivity index (χ4v) is 1.80. The molecule has 0 aliphatic heterocycles. The number of benzene rings is 1. The van der Waals surface area contributed by atoms with Gasteiger partial charge in [-0.15, -0.1) is 0 Å². The quantitative estimate of drug-likeness (QED) is 0.561. The smallest absolute Gasteiger partial charge is 0.178 e. The number of hydrogen-bond acceptors (Lipinski definition) is 4. The molecule has 0 amide bonds. The van der Waals surface area contributed by atoms with Crippen LogP contribution in [0.3, 0.4) is 0 Å². The van der Waals surface area contributed by atoms with Gasteiger partial charge in [0.15, 0.2) is 9.84 Å². The average molecular weight is 218 g/mol. The highest BCUT2D eigenvalue weighted by Crippen LogP contribution is 2.15. The number of hydrogen-bond donors (Lipinski definition) is 2. The van der Waals surface area contributed by atoms with Gasteiger partial charge < -0.3 is 0 Å². The third-order valence-electron chi connectivity index (χ3n) is 1.70. The maximum absolute atomic E-state index is 13.2. The zero-order valence-electron chi connectivity index (χ0n) is 7.62. The number of sulfone groups is 1. The minimum atomic E-state index is -3.49. The van der Waals surface area contributed by atoms with Gasteiger partial charge in [-0.05, 0) is 17.7 Å². The van der Waals surface area contributed by atoms with Gasteiger partial charge in [0.1, 0.15) is 10.7 Å². The monoisotopic (exact) mass is 218 g/mol. The lowest BCUT2D eigenvalue weighted by Gasteiger charge is -2.03. The Balaban J connectivity index is 3.15. The van der Waals surface area contributed by atoms with Crippen molar-refractivity contribution in [3.8, 4) is 0 Å². The highest BCUT2D eigenvalue weighted by molar-refractivity contribution is 7.90. The van der Waals surface area contributed by atoms with Gasteiger partial charge in [0, 0.05) is 12.8 Å². The molecule has 0 saturated carbocycles. The molecular weight excluding hydrogens is 207 g/mol. The predicted molar refractivity (Wildman–Crippen MR) is 50.5 cm³/mol. The van der Waals surface area contributed by atoms with Gasteiger partial charge in [0.2, 0.25) is 0 Å². The second-order valence-corrected chi connectivity index (χ2v) is 4.90. The normalized spacial score (nSPS) is 11.6. The molecular formula is C8H11FN2O2S. The highest BCUT2D eigenvalue weighted by Gasteiger charge is 2.13. The fourth-order valence-electron chi connectivity index (χ4n) is 1.07. The Morgan fingerprint density at radius 1 is 1.50 bits per heavy atom. The van der Waals surface area contributed by atoms with E-state index in [1.165, 1.54) is 12.1 Å². The molecule has 0 spiro atoms. The Kier molecular flexibility index (Phi) is 3.20. The molecule has 0 aliphatic rings. The van der Waals surface area contributed by atoms with Crippen molar-refractivity contribution in [2.75, 3.05) is 6.26 Å². The standard InChI is InChI=1S/C8H11FN2O2S/c1-14(12,13)8-3-2-6(5-11-10)4-7(8)9/h2-4,11H,5,10H2,1H3. The maximum atomic E-state index is 13.2. The second-order valence-electron chi connectivity index (χ2n) is 2.92. The van der Waals surface area contributed by atoms with Crippen molar-refractivity contribution in [1.82, 2.24) is 5.43 Å². The Hall–Kier alpha value is -0.980. The molecule has 0 saturated heterocycles. The van der Waals surface area contributed by atoms with Gasteiger partial charge >= 0.3 is 0 Å². The van der Waals surface area contributed by atoms with Crippen LogP contribution >= 0.6 is 0 Å². The Labute approximate surface area is 81.8 Å². The van der Waals surface area contributed by atoms with E-state index >= 15 is 0 Å². The summed E-state index contributed by atoms with van der Waals surface area (Å²) in [6, 6.07) is 3.90.